The summed E-state index contributed by atoms with van der Waals surface area (Å²) in [5.74, 6) is -0.173. The van der Waals surface area contributed by atoms with Gasteiger partial charge in [-0.2, -0.15) is 0 Å². The molecule has 2 fully saturated rings. The number of benzene rings is 1. The minimum Gasteiger partial charge on any atom is -0.328 e. The largest absolute Gasteiger partial charge is 0.328 e. The minimum absolute atomic E-state index is 0.173. The highest BCUT2D eigenvalue weighted by molar-refractivity contribution is 9.10. The number of nitrogens with two attached hydrogens (primary N) is 1. The number of hydrogen-bond donors (Lipinski definition) is 1. The second-order valence-corrected chi connectivity index (χ2v) is 7.06. The van der Waals surface area contributed by atoms with Gasteiger partial charge in [-0.15, -0.1) is 0 Å². The molecule has 3 rings (SSSR count). The molecule has 1 aromatic rings. The summed E-state index contributed by atoms with van der Waals surface area (Å²) in [7, 11) is 0. The van der Waals surface area contributed by atoms with Crippen molar-refractivity contribution < 1.29 is 4.39 Å². The van der Waals surface area contributed by atoms with Gasteiger partial charge in [0.15, 0.2) is 0 Å². The Hall–Kier alpha value is -0.490. The van der Waals surface area contributed by atoms with Crippen LogP contribution in [-0.4, -0.2) is 48.1 Å². The molecule has 0 amide bonds. The van der Waals surface area contributed by atoms with Crippen LogP contribution in [0.2, 0.25) is 0 Å². The lowest BCUT2D eigenvalue weighted by Gasteiger charge is -2.34. The van der Waals surface area contributed by atoms with Crippen LogP contribution in [-0.2, 0) is 6.54 Å². The third-order valence-corrected chi connectivity index (χ3v) is 5.65. The number of piperidine rings is 1. The molecule has 2 saturated heterocycles. The van der Waals surface area contributed by atoms with Gasteiger partial charge in [0.25, 0.3) is 0 Å². The molecule has 3 nitrogen and oxygen atoms in total. The lowest BCUT2D eigenvalue weighted by atomic mass is 10.0. The molecule has 0 aliphatic carbocycles. The molecule has 5 heteroatoms. The Morgan fingerprint density at radius 3 is 2.71 bits per heavy atom. The van der Waals surface area contributed by atoms with Gasteiger partial charge in [-0.1, -0.05) is 12.1 Å². The molecule has 116 valence electrons. The smallest absolute Gasteiger partial charge is 0.137 e. The highest BCUT2D eigenvalue weighted by Crippen LogP contribution is 2.25. The van der Waals surface area contributed by atoms with Crippen molar-refractivity contribution >= 4 is 15.9 Å². The van der Waals surface area contributed by atoms with E-state index in [1.165, 1.54) is 12.5 Å². The SMILES string of the molecule is NC1CCN(C2CCN(Cc3cccc(F)c3Br)C2)CC1. The van der Waals surface area contributed by atoms with Crippen molar-refractivity contribution in [3.63, 3.8) is 0 Å². The fourth-order valence-electron chi connectivity index (χ4n) is 3.45. The molecular formula is C16H23BrFN3. The summed E-state index contributed by atoms with van der Waals surface area (Å²) in [6, 6.07) is 6.32. The Morgan fingerprint density at radius 1 is 1.19 bits per heavy atom. The molecule has 1 unspecified atom stereocenters. The normalized spacial score (nSPS) is 25.6. The summed E-state index contributed by atoms with van der Waals surface area (Å²) in [6.07, 6.45) is 3.44. The van der Waals surface area contributed by atoms with E-state index in [1.54, 1.807) is 6.07 Å². The van der Waals surface area contributed by atoms with E-state index < -0.39 is 0 Å². The molecule has 2 aliphatic rings. The summed E-state index contributed by atoms with van der Waals surface area (Å²) >= 11 is 3.36. The van der Waals surface area contributed by atoms with Crippen molar-refractivity contribution in [2.75, 3.05) is 26.2 Å². The Balaban J connectivity index is 1.56. The molecule has 1 atom stereocenters. The number of likely N-dealkylation sites (tertiary alicyclic amines) is 2. The zero-order valence-electron chi connectivity index (χ0n) is 12.3. The van der Waals surface area contributed by atoms with Crippen molar-refractivity contribution in [2.24, 2.45) is 5.73 Å². The standard InChI is InChI=1S/C16H23BrFN3/c17-16-12(2-1-3-15(16)18)10-20-7-6-14(11-20)21-8-4-13(19)5-9-21/h1-3,13-14H,4-11,19H2. The lowest BCUT2D eigenvalue weighted by Crippen LogP contribution is -2.46. The molecule has 0 aromatic heterocycles. The molecule has 2 N–H and O–H groups in total. The van der Waals surface area contributed by atoms with Gasteiger partial charge in [0.1, 0.15) is 5.82 Å². The molecule has 2 heterocycles. The quantitative estimate of drug-likeness (QED) is 0.904. The summed E-state index contributed by atoms with van der Waals surface area (Å²) in [4.78, 5) is 5.02. The van der Waals surface area contributed by atoms with Crippen LogP contribution in [0.25, 0.3) is 0 Å². The number of nitrogens with zero attached hydrogens (tertiary/aromatic N) is 2. The van der Waals surface area contributed by atoms with E-state index in [9.17, 15) is 4.39 Å². The maximum absolute atomic E-state index is 13.6. The van der Waals surface area contributed by atoms with E-state index in [0.29, 0.717) is 16.6 Å². The minimum atomic E-state index is -0.173. The number of halogens is 2. The van der Waals surface area contributed by atoms with Crippen LogP contribution in [0.5, 0.6) is 0 Å². The van der Waals surface area contributed by atoms with E-state index in [-0.39, 0.29) is 5.82 Å². The second-order valence-electron chi connectivity index (χ2n) is 6.26. The van der Waals surface area contributed by atoms with Crippen LogP contribution >= 0.6 is 15.9 Å². The van der Waals surface area contributed by atoms with E-state index in [4.69, 9.17) is 5.73 Å². The van der Waals surface area contributed by atoms with Crippen LogP contribution in [0.3, 0.4) is 0 Å². The molecule has 0 radical (unpaired) electrons. The highest BCUT2D eigenvalue weighted by atomic mass is 79.9. The van der Waals surface area contributed by atoms with Gasteiger partial charge in [0.2, 0.25) is 0 Å². The summed E-state index contributed by atoms with van der Waals surface area (Å²) < 4.78 is 14.2. The van der Waals surface area contributed by atoms with Gasteiger partial charge < -0.3 is 5.73 Å². The second kappa shape index (κ2) is 6.73. The van der Waals surface area contributed by atoms with Crippen LogP contribution in [0.15, 0.2) is 22.7 Å². The predicted octanol–water partition coefficient (Wildman–Crippen LogP) is 2.59. The van der Waals surface area contributed by atoms with E-state index in [0.717, 1.165) is 51.1 Å². The van der Waals surface area contributed by atoms with Gasteiger partial charge in [0.05, 0.1) is 4.47 Å². The first-order valence-electron chi connectivity index (χ1n) is 7.78. The summed E-state index contributed by atoms with van der Waals surface area (Å²) in [5.41, 5.74) is 7.02. The van der Waals surface area contributed by atoms with E-state index in [1.807, 2.05) is 6.07 Å². The van der Waals surface area contributed by atoms with E-state index >= 15 is 0 Å². The van der Waals surface area contributed by atoms with Gasteiger partial charge in [-0.25, -0.2) is 4.39 Å². The predicted molar refractivity (Wildman–Crippen MR) is 86.6 cm³/mol. The molecule has 0 saturated carbocycles. The summed E-state index contributed by atoms with van der Waals surface area (Å²) in [5, 5.41) is 0. The molecule has 0 bridgehead atoms. The Labute approximate surface area is 134 Å². The van der Waals surface area contributed by atoms with Crippen molar-refractivity contribution in [1.29, 1.82) is 0 Å². The molecule has 21 heavy (non-hydrogen) atoms. The molecule has 2 aliphatic heterocycles. The maximum atomic E-state index is 13.6. The van der Waals surface area contributed by atoms with Crippen molar-refractivity contribution in [3.05, 3.63) is 34.1 Å². The van der Waals surface area contributed by atoms with Crippen molar-refractivity contribution in [1.82, 2.24) is 9.80 Å². The average molecular weight is 356 g/mol. The fourth-order valence-corrected chi connectivity index (χ4v) is 3.84. The van der Waals surface area contributed by atoms with Crippen LogP contribution in [0.4, 0.5) is 4.39 Å². The van der Waals surface area contributed by atoms with Crippen LogP contribution in [0, 0.1) is 5.82 Å². The van der Waals surface area contributed by atoms with Crippen molar-refractivity contribution in [3.8, 4) is 0 Å². The third kappa shape index (κ3) is 3.65. The Morgan fingerprint density at radius 2 is 1.95 bits per heavy atom. The van der Waals surface area contributed by atoms with Gasteiger partial charge >= 0.3 is 0 Å². The lowest BCUT2D eigenvalue weighted by molar-refractivity contribution is 0.151. The fraction of sp³-hybridized carbons (Fsp3) is 0.625. The zero-order valence-corrected chi connectivity index (χ0v) is 13.9. The van der Waals surface area contributed by atoms with Gasteiger partial charge in [0, 0.05) is 31.7 Å². The van der Waals surface area contributed by atoms with Gasteiger partial charge in [-0.3, -0.25) is 9.80 Å². The maximum Gasteiger partial charge on any atom is 0.137 e. The third-order valence-electron chi connectivity index (χ3n) is 4.76. The Kier molecular flexibility index (Phi) is 4.94. The van der Waals surface area contributed by atoms with Crippen molar-refractivity contribution in [2.45, 2.75) is 37.9 Å². The number of rotatable bonds is 3. The molecule has 0 spiro atoms. The first kappa shape index (κ1) is 15.4. The molecule has 1 aromatic carbocycles. The first-order chi connectivity index (χ1) is 10.1. The van der Waals surface area contributed by atoms with E-state index in [2.05, 4.69) is 25.7 Å². The monoisotopic (exact) mass is 355 g/mol. The van der Waals surface area contributed by atoms with Crippen LogP contribution in [0.1, 0.15) is 24.8 Å². The zero-order chi connectivity index (χ0) is 14.8. The average Bonchev–Trinajstić information content (AvgIpc) is 2.93. The van der Waals surface area contributed by atoms with Crippen LogP contribution < -0.4 is 5.73 Å². The van der Waals surface area contributed by atoms with Gasteiger partial charge in [-0.05, 0) is 59.9 Å². The molecular weight excluding hydrogens is 333 g/mol. The number of hydrogen-bond acceptors (Lipinski definition) is 3. The Bertz CT molecular complexity index is 488. The topological polar surface area (TPSA) is 32.5 Å². The highest BCUT2D eigenvalue weighted by Gasteiger charge is 2.29. The first-order valence-corrected chi connectivity index (χ1v) is 8.57. The summed E-state index contributed by atoms with van der Waals surface area (Å²) in [6.45, 7) is 5.25.